The fraction of sp³-hybridized carbons (Fsp3) is 0.696. The SMILES string of the molecule is CN=C(NCCN(C)CCCOC)NCc1ccc(CN2CCC(C)CC2)cc1.I. The monoisotopic (exact) mass is 531 g/mol. The Morgan fingerprint density at radius 1 is 1.13 bits per heavy atom. The molecular formula is C23H42IN5O. The van der Waals surface area contributed by atoms with Crippen LogP contribution in [0, 0.1) is 5.92 Å². The molecule has 1 heterocycles. The van der Waals surface area contributed by atoms with Crippen molar-refractivity contribution >= 4 is 29.9 Å². The highest BCUT2D eigenvalue weighted by Gasteiger charge is 2.15. The topological polar surface area (TPSA) is 52.1 Å². The molecule has 30 heavy (non-hydrogen) atoms. The summed E-state index contributed by atoms with van der Waals surface area (Å²) in [7, 11) is 5.71. The Kier molecular flexibility index (Phi) is 14.3. The maximum Gasteiger partial charge on any atom is 0.191 e. The van der Waals surface area contributed by atoms with Crippen molar-refractivity contribution in [3.05, 3.63) is 35.4 Å². The fourth-order valence-corrected chi connectivity index (χ4v) is 3.60. The Bertz CT molecular complexity index is 588. The molecular weight excluding hydrogens is 489 g/mol. The van der Waals surface area contributed by atoms with Crippen LogP contribution in [0.3, 0.4) is 0 Å². The minimum atomic E-state index is 0. The van der Waals surface area contributed by atoms with Crippen LogP contribution in [0.1, 0.15) is 37.3 Å². The molecule has 0 atom stereocenters. The van der Waals surface area contributed by atoms with Crippen molar-refractivity contribution < 1.29 is 4.74 Å². The van der Waals surface area contributed by atoms with E-state index in [1.807, 2.05) is 7.05 Å². The molecule has 172 valence electrons. The van der Waals surface area contributed by atoms with Crippen molar-refractivity contribution in [2.24, 2.45) is 10.9 Å². The minimum absolute atomic E-state index is 0. The van der Waals surface area contributed by atoms with Crippen molar-refractivity contribution in [2.75, 3.05) is 60.5 Å². The predicted octanol–water partition coefficient (Wildman–Crippen LogP) is 3.17. The number of likely N-dealkylation sites (N-methyl/N-ethyl adjacent to an activating group) is 1. The van der Waals surface area contributed by atoms with Gasteiger partial charge in [0.15, 0.2) is 5.96 Å². The molecule has 7 heteroatoms. The van der Waals surface area contributed by atoms with Crippen LogP contribution in [-0.4, -0.2) is 76.3 Å². The van der Waals surface area contributed by atoms with E-state index in [0.717, 1.165) is 57.6 Å². The third-order valence-electron chi connectivity index (χ3n) is 5.66. The van der Waals surface area contributed by atoms with Crippen molar-refractivity contribution in [3.63, 3.8) is 0 Å². The lowest BCUT2D eigenvalue weighted by Gasteiger charge is -2.30. The van der Waals surface area contributed by atoms with Gasteiger partial charge in [0.2, 0.25) is 0 Å². The molecule has 1 aromatic carbocycles. The normalized spacial score (nSPS) is 15.8. The van der Waals surface area contributed by atoms with Gasteiger partial charge in [0.05, 0.1) is 0 Å². The summed E-state index contributed by atoms with van der Waals surface area (Å²) in [5.74, 6) is 1.74. The first-order valence-corrected chi connectivity index (χ1v) is 11.0. The van der Waals surface area contributed by atoms with Gasteiger partial charge in [0, 0.05) is 53.5 Å². The van der Waals surface area contributed by atoms with Crippen LogP contribution in [0.5, 0.6) is 0 Å². The number of benzene rings is 1. The first-order chi connectivity index (χ1) is 14.1. The van der Waals surface area contributed by atoms with E-state index in [0.29, 0.717) is 0 Å². The Morgan fingerprint density at radius 3 is 2.43 bits per heavy atom. The van der Waals surface area contributed by atoms with Gasteiger partial charge in [-0.3, -0.25) is 9.89 Å². The Labute approximate surface area is 200 Å². The molecule has 6 nitrogen and oxygen atoms in total. The first-order valence-electron chi connectivity index (χ1n) is 11.0. The summed E-state index contributed by atoms with van der Waals surface area (Å²) in [6.45, 7) is 10.4. The van der Waals surface area contributed by atoms with Crippen LogP contribution in [0.15, 0.2) is 29.3 Å². The molecule has 1 aromatic rings. The number of halogens is 1. The van der Waals surface area contributed by atoms with Gasteiger partial charge >= 0.3 is 0 Å². The largest absolute Gasteiger partial charge is 0.385 e. The third-order valence-corrected chi connectivity index (χ3v) is 5.66. The Balaban J connectivity index is 0.00000450. The number of nitrogens with one attached hydrogen (secondary N) is 2. The third kappa shape index (κ3) is 10.9. The summed E-state index contributed by atoms with van der Waals surface area (Å²) in [6, 6.07) is 8.98. The summed E-state index contributed by atoms with van der Waals surface area (Å²) in [5.41, 5.74) is 2.68. The van der Waals surface area contributed by atoms with Crippen LogP contribution in [0.25, 0.3) is 0 Å². The number of ether oxygens (including phenoxy) is 1. The molecule has 1 saturated heterocycles. The van der Waals surface area contributed by atoms with Crippen molar-refractivity contribution in [1.29, 1.82) is 0 Å². The van der Waals surface area contributed by atoms with E-state index in [1.165, 1.54) is 37.1 Å². The zero-order valence-electron chi connectivity index (χ0n) is 19.3. The molecule has 0 radical (unpaired) electrons. The number of aliphatic imine (C=N–C) groups is 1. The zero-order chi connectivity index (χ0) is 20.9. The fourth-order valence-electron chi connectivity index (χ4n) is 3.60. The molecule has 0 aliphatic carbocycles. The van der Waals surface area contributed by atoms with Crippen molar-refractivity contribution in [3.8, 4) is 0 Å². The molecule has 0 bridgehead atoms. The van der Waals surface area contributed by atoms with Crippen LogP contribution in [-0.2, 0) is 17.8 Å². The number of hydrogen-bond acceptors (Lipinski definition) is 4. The van der Waals surface area contributed by atoms with Gasteiger partial charge in [-0.25, -0.2) is 0 Å². The standard InChI is InChI=1S/C23H41N5O.HI/c1-20-10-14-28(15-11-20)19-22-8-6-21(7-9-22)18-26-23(24-2)25-12-16-27(3)13-5-17-29-4;/h6-9,20H,5,10-19H2,1-4H3,(H2,24,25,26);1H. The molecule has 2 N–H and O–H groups in total. The molecule has 0 unspecified atom stereocenters. The Hall–Kier alpha value is -0.900. The van der Waals surface area contributed by atoms with Gasteiger partial charge < -0.3 is 20.3 Å². The Morgan fingerprint density at radius 2 is 1.80 bits per heavy atom. The molecule has 0 aromatic heterocycles. The average molecular weight is 532 g/mol. The highest BCUT2D eigenvalue weighted by Crippen LogP contribution is 2.18. The lowest BCUT2D eigenvalue weighted by molar-refractivity contribution is 0.180. The molecule has 1 aliphatic heterocycles. The van der Waals surface area contributed by atoms with E-state index >= 15 is 0 Å². The lowest BCUT2D eigenvalue weighted by atomic mass is 9.99. The number of guanidine groups is 1. The van der Waals surface area contributed by atoms with Gasteiger partial charge in [0.25, 0.3) is 0 Å². The first kappa shape index (κ1) is 27.1. The lowest BCUT2D eigenvalue weighted by Crippen LogP contribution is -2.40. The molecule has 1 aliphatic rings. The van der Waals surface area contributed by atoms with Crippen molar-refractivity contribution in [1.82, 2.24) is 20.4 Å². The minimum Gasteiger partial charge on any atom is -0.385 e. The summed E-state index contributed by atoms with van der Waals surface area (Å²) < 4.78 is 5.10. The van der Waals surface area contributed by atoms with Gasteiger partial charge in [-0.1, -0.05) is 31.2 Å². The number of likely N-dealkylation sites (tertiary alicyclic amines) is 1. The molecule has 2 rings (SSSR count). The van der Waals surface area contributed by atoms with Crippen LogP contribution in [0.4, 0.5) is 0 Å². The molecule has 1 fully saturated rings. The van der Waals surface area contributed by atoms with Gasteiger partial charge in [0.1, 0.15) is 0 Å². The second kappa shape index (κ2) is 15.8. The summed E-state index contributed by atoms with van der Waals surface area (Å²) in [5, 5.41) is 6.80. The van der Waals surface area contributed by atoms with E-state index in [4.69, 9.17) is 4.74 Å². The highest BCUT2D eigenvalue weighted by molar-refractivity contribution is 14.0. The maximum atomic E-state index is 5.10. The smallest absolute Gasteiger partial charge is 0.191 e. The second-order valence-corrected chi connectivity index (χ2v) is 8.28. The number of methoxy groups -OCH3 is 1. The van der Waals surface area contributed by atoms with Gasteiger partial charge in [-0.2, -0.15) is 0 Å². The van der Waals surface area contributed by atoms with Crippen LogP contribution in [0.2, 0.25) is 0 Å². The average Bonchev–Trinajstić information content (AvgIpc) is 2.73. The van der Waals surface area contributed by atoms with Crippen LogP contribution < -0.4 is 10.6 Å². The maximum absolute atomic E-state index is 5.10. The van der Waals surface area contributed by atoms with E-state index in [-0.39, 0.29) is 24.0 Å². The number of nitrogens with zero attached hydrogens (tertiary/aromatic N) is 3. The summed E-state index contributed by atoms with van der Waals surface area (Å²) in [6.07, 6.45) is 3.72. The molecule has 0 spiro atoms. The van der Waals surface area contributed by atoms with E-state index < -0.39 is 0 Å². The van der Waals surface area contributed by atoms with E-state index in [1.54, 1.807) is 7.11 Å². The van der Waals surface area contributed by atoms with E-state index in [2.05, 4.69) is 63.7 Å². The van der Waals surface area contributed by atoms with Gasteiger partial charge in [-0.05, 0) is 56.4 Å². The van der Waals surface area contributed by atoms with Gasteiger partial charge in [-0.15, -0.1) is 24.0 Å². The van der Waals surface area contributed by atoms with Crippen LogP contribution >= 0.6 is 24.0 Å². The summed E-state index contributed by atoms with van der Waals surface area (Å²) in [4.78, 5) is 9.21. The number of piperidine rings is 1. The quantitative estimate of drug-likeness (QED) is 0.199. The number of hydrogen-bond donors (Lipinski definition) is 2. The van der Waals surface area contributed by atoms with E-state index in [9.17, 15) is 0 Å². The second-order valence-electron chi connectivity index (χ2n) is 8.28. The zero-order valence-corrected chi connectivity index (χ0v) is 21.7. The summed E-state index contributed by atoms with van der Waals surface area (Å²) >= 11 is 0. The number of rotatable bonds is 11. The van der Waals surface area contributed by atoms with Crippen molar-refractivity contribution in [2.45, 2.75) is 39.3 Å². The molecule has 0 saturated carbocycles. The molecule has 0 amide bonds. The predicted molar refractivity (Wildman–Crippen MR) is 138 cm³/mol. The highest BCUT2D eigenvalue weighted by atomic mass is 127.